The Morgan fingerprint density at radius 1 is 1.12 bits per heavy atom. The molecule has 1 fully saturated rings. The number of aryl methyl sites for hydroxylation is 1. The van der Waals surface area contributed by atoms with Gasteiger partial charge in [-0.3, -0.25) is 9.59 Å². The van der Waals surface area contributed by atoms with E-state index in [1.807, 2.05) is 49.4 Å². The maximum atomic E-state index is 14.1. The van der Waals surface area contributed by atoms with Crippen molar-refractivity contribution >= 4 is 29.3 Å². The SMILES string of the molecule is COc1cccc(CN2C(=O)[C@@]3(SCCN3C(=O)c3ccc(F)cc3)c3cc(C)ccc32)c1. The highest BCUT2D eigenvalue weighted by Crippen LogP contribution is 2.55. The number of rotatable bonds is 4. The van der Waals surface area contributed by atoms with Crippen molar-refractivity contribution in [2.24, 2.45) is 0 Å². The third-order valence-electron chi connectivity index (χ3n) is 6.16. The minimum Gasteiger partial charge on any atom is -0.497 e. The minimum atomic E-state index is -1.13. The quantitative estimate of drug-likeness (QED) is 0.563. The van der Waals surface area contributed by atoms with Crippen molar-refractivity contribution < 1.29 is 18.7 Å². The number of halogens is 1. The second kappa shape index (κ2) is 8.23. The molecule has 2 amide bonds. The van der Waals surface area contributed by atoms with E-state index in [0.29, 0.717) is 24.4 Å². The lowest BCUT2D eigenvalue weighted by molar-refractivity contribution is -0.123. The number of anilines is 1. The molecule has 1 saturated heterocycles. The molecule has 5 rings (SSSR count). The van der Waals surface area contributed by atoms with Gasteiger partial charge in [0.25, 0.3) is 11.8 Å². The predicted molar refractivity (Wildman–Crippen MR) is 127 cm³/mol. The number of nitrogens with zero attached hydrogens (tertiary/aromatic N) is 2. The summed E-state index contributed by atoms with van der Waals surface area (Å²) in [5.74, 6) is 0.549. The molecule has 0 aliphatic carbocycles. The number of carbonyl (C=O) groups is 2. The average molecular weight is 463 g/mol. The van der Waals surface area contributed by atoms with E-state index in [0.717, 1.165) is 28.1 Å². The second-order valence-electron chi connectivity index (χ2n) is 8.22. The van der Waals surface area contributed by atoms with Crippen LogP contribution in [0.4, 0.5) is 10.1 Å². The zero-order valence-electron chi connectivity index (χ0n) is 18.4. The normalized spacial score (nSPS) is 19.3. The number of amides is 2. The number of carbonyl (C=O) groups excluding carboxylic acids is 2. The molecule has 0 bridgehead atoms. The van der Waals surface area contributed by atoms with E-state index < -0.39 is 10.7 Å². The largest absolute Gasteiger partial charge is 0.497 e. The Labute approximate surface area is 196 Å². The molecule has 0 N–H and O–H groups in total. The smallest absolute Gasteiger partial charge is 0.268 e. The lowest BCUT2D eigenvalue weighted by atomic mass is 10.0. The topological polar surface area (TPSA) is 49.9 Å². The fourth-order valence-electron chi connectivity index (χ4n) is 4.59. The van der Waals surface area contributed by atoms with E-state index in [2.05, 4.69) is 0 Å². The van der Waals surface area contributed by atoms with Gasteiger partial charge in [-0.2, -0.15) is 0 Å². The predicted octanol–water partition coefficient (Wildman–Crippen LogP) is 4.73. The van der Waals surface area contributed by atoms with Crippen LogP contribution in [0.15, 0.2) is 66.7 Å². The van der Waals surface area contributed by atoms with Crippen molar-refractivity contribution in [1.82, 2.24) is 4.90 Å². The van der Waals surface area contributed by atoms with E-state index in [1.54, 1.807) is 16.9 Å². The summed E-state index contributed by atoms with van der Waals surface area (Å²) in [6.45, 7) is 2.79. The first kappa shape index (κ1) is 21.5. The third kappa shape index (κ3) is 3.47. The van der Waals surface area contributed by atoms with Crippen molar-refractivity contribution in [1.29, 1.82) is 0 Å². The van der Waals surface area contributed by atoms with E-state index in [1.165, 1.54) is 36.0 Å². The van der Waals surface area contributed by atoms with Crippen LogP contribution in [0.25, 0.3) is 0 Å². The number of benzene rings is 3. The van der Waals surface area contributed by atoms with Crippen LogP contribution in [-0.4, -0.2) is 36.1 Å². The van der Waals surface area contributed by atoms with E-state index >= 15 is 0 Å². The lowest BCUT2D eigenvalue weighted by Gasteiger charge is -2.33. The van der Waals surface area contributed by atoms with Gasteiger partial charge in [0.15, 0.2) is 4.87 Å². The fraction of sp³-hybridized carbons (Fsp3) is 0.231. The molecule has 1 spiro atoms. The van der Waals surface area contributed by atoms with Gasteiger partial charge in [-0.15, -0.1) is 11.8 Å². The van der Waals surface area contributed by atoms with Gasteiger partial charge in [-0.1, -0.05) is 29.8 Å². The number of fused-ring (bicyclic) bond motifs is 2. The van der Waals surface area contributed by atoms with Crippen molar-refractivity contribution in [2.45, 2.75) is 18.3 Å². The van der Waals surface area contributed by atoms with Gasteiger partial charge < -0.3 is 14.5 Å². The monoisotopic (exact) mass is 462 g/mol. The zero-order chi connectivity index (χ0) is 23.2. The van der Waals surface area contributed by atoms with Crippen LogP contribution in [0.3, 0.4) is 0 Å². The highest BCUT2D eigenvalue weighted by atomic mass is 32.2. The van der Waals surface area contributed by atoms with Gasteiger partial charge in [0.05, 0.1) is 19.3 Å². The number of hydrogen-bond donors (Lipinski definition) is 0. The molecule has 5 nitrogen and oxygen atoms in total. The highest BCUT2D eigenvalue weighted by molar-refractivity contribution is 8.01. The third-order valence-corrected chi connectivity index (χ3v) is 7.58. The zero-order valence-corrected chi connectivity index (χ0v) is 19.2. The highest BCUT2D eigenvalue weighted by Gasteiger charge is 2.59. The van der Waals surface area contributed by atoms with Crippen LogP contribution in [0.2, 0.25) is 0 Å². The molecule has 0 radical (unpaired) electrons. The summed E-state index contributed by atoms with van der Waals surface area (Å²) >= 11 is 1.48. The van der Waals surface area contributed by atoms with Gasteiger partial charge >= 0.3 is 0 Å². The molecule has 3 aromatic rings. The first-order valence-corrected chi connectivity index (χ1v) is 11.7. The molecule has 33 heavy (non-hydrogen) atoms. The summed E-state index contributed by atoms with van der Waals surface area (Å²) in [5.41, 5.74) is 3.95. The Hall–Kier alpha value is -3.32. The maximum Gasteiger partial charge on any atom is 0.268 e. The van der Waals surface area contributed by atoms with Crippen molar-refractivity contribution in [3.8, 4) is 5.75 Å². The molecule has 2 aliphatic heterocycles. The summed E-state index contributed by atoms with van der Waals surface area (Å²) in [7, 11) is 1.61. The van der Waals surface area contributed by atoms with Crippen LogP contribution < -0.4 is 9.64 Å². The molecular formula is C26H23FN2O3S. The fourth-order valence-corrected chi connectivity index (χ4v) is 6.04. The Morgan fingerprint density at radius 3 is 2.67 bits per heavy atom. The first-order chi connectivity index (χ1) is 15.9. The van der Waals surface area contributed by atoms with Crippen molar-refractivity contribution in [3.63, 3.8) is 0 Å². The van der Waals surface area contributed by atoms with Crippen molar-refractivity contribution in [2.75, 3.05) is 24.3 Å². The molecular weight excluding hydrogens is 439 g/mol. The average Bonchev–Trinajstić information content (AvgIpc) is 3.36. The van der Waals surface area contributed by atoms with Gasteiger partial charge in [-0.25, -0.2) is 4.39 Å². The van der Waals surface area contributed by atoms with Crippen molar-refractivity contribution in [3.05, 3.63) is 94.8 Å². The van der Waals surface area contributed by atoms with E-state index in [-0.39, 0.29) is 11.8 Å². The van der Waals surface area contributed by atoms with Gasteiger partial charge in [-0.05, 0) is 55.0 Å². The summed E-state index contributed by atoms with van der Waals surface area (Å²) < 4.78 is 18.8. The number of ether oxygens (including phenoxy) is 1. The molecule has 1 atom stereocenters. The summed E-state index contributed by atoms with van der Waals surface area (Å²) in [4.78, 5) is 29.9. The number of thioether (sulfide) groups is 1. The second-order valence-corrected chi connectivity index (χ2v) is 9.51. The van der Waals surface area contributed by atoms with Crippen LogP contribution in [0.5, 0.6) is 5.75 Å². The minimum absolute atomic E-state index is 0.135. The lowest BCUT2D eigenvalue weighted by Crippen LogP contribution is -2.50. The van der Waals surface area contributed by atoms with Crippen LogP contribution in [-0.2, 0) is 16.2 Å². The van der Waals surface area contributed by atoms with E-state index in [4.69, 9.17) is 4.74 Å². The molecule has 2 aliphatic rings. The Bertz CT molecular complexity index is 1250. The summed E-state index contributed by atoms with van der Waals surface area (Å²) in [6.07, 6.45) is 0. The molecule has 0 unspecified atom stereocenters. The molecule has 0 saturated carbocycles. The molecule has 2 heterocycles. The molecule has 0 aromatic heterocycles. The van der Waals surface area contributed by atoms with E-state index in [9.17, 15) is 14.0 Å². The van der Waals surface area contributed by atoms with Gasteiger partial charge in [0, 0.05) is 23.4 Å². The van der Waals surface area contributed by atoms with Crippen LogP contribution in [0, 0.1) is 12.7 Å². The standard InChI is InChI=1S/C26H23FN2O3S/c1-17-6-11-23-22(14-17)26(25(31)28(23)16-18-4-3-5-21(15-18)32-2)29(12-13-33-26)24(30)19-7-9-20(27)10-8-19/h3-11,14-15H,12-13,16H2,1-2H3/t26-/m0/s1. The van der Waals surface area contributed by atoms with Crippen LogP contribution in [0.1, 0.15) is 27.0 Å². The summed E-state index contributed by atoms with van der Waals surface area (Å²) in [5, 5.41) is 0. The Balaban J connectivity index is 1.58. The van der Waals surface area contributed by atoms with Gasteiger partial charge in [0.2, 0.25) is 0 Å². The maximum absolute atomic E-state index is 14.1. The summed E-state index contributed by atoms with van der Waals surface area (Å²) in [6, 6.07) is 19.1. The Kier molecular flexibility index (Phi) is 5.37. The molecule has 168 valence electrons. The number of methoxy groups -OCH3 is 1. The first-order valence-electron chi connectivity index (χ1n) is 10.7. The van der Waals surface area contributed by atoms with Gasteiger partial charge in [0.1, 0.15) is 11.6 Å². The van der Waals surface area contributed by atoms with Crippen LogP contribution >= 0.6 is 11.8 Å². The molecule has 3 aromatic carbocycles. The molecule has 7 heteroatoms. The number of hydrogen-bond acceptors (Lipinski definition) is 4. The Morgan fingerprint density at radius 2 is 1.91 bits per heavy atom.